The number of carbonyl (C=O) groups is 2. The summed E-state index contributed by atoms with van der Waals surface area (Å²) in [5.74, 6) is -0.0282. The lowest BCUT2D eigenvalue weighted by Crippen LogP contribution is -2.51. The summed E-state index contributed by atoms with van der Waals surface area (Å²) in [6, 6.07) is 10.7. The number of thiophene rings is 1. The molecule has 0 spiro atoms. The van der Waals surface area contributed by atoms with E-state index in [1.54, 1.807) is 23.1 Å². The molecule has 26 heavy (non-hydrogen) atoms. The Labute approximate surface area is 161 Å². The molecular weight excluding hydrogens is 372 g/mol. The Hall–Kier alpha value is -2.09. The smallest absolute Gasteiger partial charge is 0.321 e. The third-order valence-corrected chi connectivity index (χ3v) is 5.30. The molecule has 0 unspecified atom stereocenters. The highest BCUT2D eigenvalue weighted by Crippen LogP contribution is 2.15. The third kappa shape index (κ3) is 5.20. The van der Waals surface area contributed by atoms with E-state index in [4.69, 9.17) is 11.6 Å². The zero-order valence-electron chi connectivity index (χ0n) is 14.3. The van der Waals surface area contributed by atoms with Crippen molar-refractivity contribution in [2.45, 2.75) is 0 Å². The quantitative estimate of drug-likeness (QED) is 0.822. The van der Waals surface area contributed by atoms with Gasteiger partial charge >= 0.3 is 6.03 Å². The van der Waals surface area contributed by atoms with Gasteiger partial charge in [0.2, 0.25) is 0 Å². The molecule has 6 nitrogen and oxygen atoms in total. The van der Waals surface area contributed by atoms with Crippen LogP contribution in [0.4, 0.5) is 10.5 Å². The van der Waals surface area contributed by atoms with Crippen LogP contribution in [-0.4, -0.2) is 61.0 Å². The lowest BCUT2D eigenvalue weighted by molar-refractivity contribution is 0.0946. The summed E-state index contributed by atoms with van der Waals surface area (Å²) in [5.41, 5.74) is 0.696. The van der Waals surface area contributed by atoms with Crippen LogP contribution < -0.4 is 10.6 Å². The van der Waals surface area contributed by atoms with Crippen LogP contribution in [0.3, 0.4) is 0 Å². The van der Waals surface area contributed by atoms with E-state index in [-0.39, 0.29) is 11.9 Å². The molecule has 0 bridgehead atoms. The van der Waals surface area contributed by atoms with E-state index in [9.17, 15) is 9.59 Å². The van der Waals surface area contributed by atoms with E-state index in [0.29, 0.717) is 30.3 Å². The number of anilines is 1. The molecule has 1 aliphatic rings. The van der Waals surface area contributed by atoms with Gasteiger partial charge in [-0.2, -0.15) is 0 Å². The van der Waals surface area contributed by atoms with Crippen LogP contribution >= 0.6 is 22.9 Å². The number of carbonyl (C=O) groups excluding carboxylic acids is 2. The van der Waals surface area contributed by atoms with Crippen LogP contribution in [-0.2, 0) is 0 Å². The summed E-state index contributed by atoms with van der Waals surface area (Å²) in [6.45, 7) is 4.28. The third-order valence-electron chi connectivity index (χ3n) is 4.19. The van der Waals surface area contributed by atoms with Crippen molar-refractivity contribution >= 4 is 40.6 Å². The van der Waals surface area contributed by atoms with E-state index in [2.05, 4.69) is 15.5 Å². The van der Waals surface area contributed by atoms with Crippen molar-refractivity contribution in [1.82, 2.24) is 15.1 Å². The van der Waals surface area contributed by atoms with Gasteiger partial charge in [-0.1, -0.05) is 23.7 Å². The maximum Gasteiger partial charge on any atom is 0.321 e. The highest BCUT2D eigenvalue weighted by molar-refractivity contribution is 7.12. The largest absolute Gasteiger partial charge is 0.350 e. The minimum absolute atomic E-state index is 0.0282. The summed E-state index contributed by atoms with van der Waals surface area (Å²) >= 11 is 7.37. The Kier molecular flexibility index (Phi) is 6.49. The Morgan fingerprint density at radius 1 is 1.12 bits per heavy atom. The Balaban J connectivity index is 1.37. The predicted octanol–water partition coefficient (Wildman–Crippen LogP) is 2.98. The molecule has 0 radical (unpaired) electrons. The van der Waals surface area contributed by atoms with E-state index in [0.717, 1.165) is 24.5 Å². The molecule has 3 rings (SSSR count). The van der Waals surface area contributed by atoms with Crippen molar-refractivity contribution in [3.8, 4) is 0 Å². The van der Waals surface area contributed by atoms with Crippen molar-refractivity contribution in [2.24, 2.45) is 0 Å². The van der Waals surface area contributed by atoms with Crippen molar-refractivity contribution in [3.63, 3.8) is 0 Å². The molecular formula is C18H21ClN4O2S. The van der Waals surface area contributed by atoms with Gasteiger partial charge in [0.05, 0.1) is 4.88 Å². The number of amides is 3. The van der Waals surface area contributed by atoms with Crippen molar-refractivity contribution in [1.29, 1.82) is 0 Å². The van der Waals surface area contributed by atoms with Gasteiger partial charge in [-0.25, -0.2) is 4.79 Å². The van der Waals surface area contributed by atoms with Crippen LogP contribution in [0.1, 0.15) is 9.67 Å². The molecule has 138 valence electrons. The first-order chi connectivity index (χ1) is 12.6. The standard InChI is InChI=1S/C18H21ClN4O2S/c19-14-3-1-4-15(13-14)21-18(25)23-10-8-22(9-11-23)7-6-20-17(24)16-5-2-12-26-16/h1-5,12-13H,6-11H2,(H,20,24)(H,21,25). The van der Waals surface area contributed by atoms with Crippen LogP contribution in [0.2, 0.25) is 5.02 Å². The first-order valence-corrected chi connectivity index (χ1v) is 9.73. The second-order valence-electron chi connectivity index (χ2n) is 6.00. The Morgan fingerprint density at radius 2 is 1.92 bits per heavy atom. The number of rotatable bonds is 5. The molecule has 0 atom stereocenters. The molecule has 0 aliphatic carbocycles. The second-order valence-corrected chi connectivity index (χ2v) is 7.39. The molecule has 3 amide bonds. The van der Waals surface area contributed by atoms with Crippen LogP contribution in [0.5, 0.6) is 0 Å². The zero-order valence-corrected chi connectivity index (χ0v) is 15.9. The Bertz CT molecular complexity index is 745. The normalized spacial score (nSPS) is 14.9. The number of nitrogens with one attached hydrogen (secondary N) is 2. The first kappa shape index (κ1) is 18.7. The number of halogens is 1. The average molecular weight is 393 g/mol. The molecule has 0 saturated carbocycles. The molecule has 1 fully saturated rings. The number of piperazine rings is 1. The molecule has 1 aromatic carbocycles. The van der Waals surface area contributed by atoms with Gasteiger partial charge < -0.3 is 15.5 Å². The van der Waals surface area contributed by atoms with Gasteiger partial charge in [0.1, 0.15) is 0 Å². The van der Waals surface area contributed by atoms with Crippen LogP contribution in [0.15, 0.2) is 41.8 Å². The monoisotopic (exact) mass is 392 g/mol. The maximum atomic E-state index is 12.3. The van der Waals surface area contributed by atoms with Crippen LogP contribution in [0.25, 0.3) is 0 Å². The molecule has 1 aromatic heterocycles. The zero-order chi connectivity index (χ0) is 18.4. The second kappa shape index (κ2) is 9.02. The fourth-order valence-corrected chi connectivity index (χ4v) is 3.60. The lowest BCUT2D eigenvalue weighted by Gasteiger charge is -2.34. The van der Waals surface area contributed by atoms with Gasteiger partial charge in [-0.3, -0.25) is 9.69 Å². The van der Waals surface area contributed by atoms with Crippen molar-refractivity contribution in [2.75, 3.05) is 44.6 Å². The van der Waals surface area contributed by atoms with Crippen molar-refractivity contribution in [3.05, 3.63) is 51.7 Å². The number of hydrogen-bond donors (Lipinski definition) is 2. The predicted molar refractivity (Wildman–Crippen MR) is 105 cm³/mol. The molecule has 1 saturated heterocycles. The Morgan fingerprint density at radius 3 is 2.62 bits per heavy atom. The molecule has 2 heterocycles. The minimum atomic E-state index is -0.113. The van der Waals surface area contributed by atoms with E-state index in [1.165, 1.54) is 11.3 Å². The summed E-state index contributed by atoms with van der Waals surface area (Å²) in [4.78, 5) is 29.0. The fourth-order valence-electron chi connectivity index (χ4n) is 2.77. The first-order valence-electron chi connectivity index (χ1n) is 8.47. The summed E-state index contributed by atoms with van der Waals surface area (Å²) < 4.78 is 0. The van der Waals surface area contributed by atoms with Gasteiger partial charge in [-0.05, 0) is 29.6 Å². The van der Waals surface area contributed by atoms with E-state index >= 15 is 0 Å². The van der Waals surface area contributed by atoms with Gasteiger partial charge in [-0.15, -0.1) is 11.3 Å². The molecule has 2 N–H and O–H groups in total. The fraction of sp³-hybridized carbons (Fsp3) is 0.333. The number of benzene rings is 1. The number of nitrogens with zero attached hydrogens (tertiary/aromatic N) is 2. The van der Waals surface area contributed by atoms with E-state index < -0.39 is 0 Å². The minimum Gasteiger partial charge on any atom is -0.350 e. The number of urea groups is 1. The molecule has 8 heteroatoms. The summed E-state index contributed by atoms with van der Waals surface area (Å²) in [7, 11) is 0. The summed E-state index contributed by atoms with van der Waals surface area (Å²) in [6.07, 6.45) is 0. The van der Waals surface area contributed by atoms with Crippen molar-refractivity contribution < 1.29 is 9.59 Å². The van der Waals surface area contributed by atoms with E-state index in [1.807, 2.05) is 23.6 Å². The maximum absolute atomic E-state index is 12.3. The molecule has 2 aromatic rings. The highest BCUT2D eigenvalue weighted by Gasteiger charge is 2.21. The highest BCUT2D eigenvalue weighted by atomic mass is 35.5. The lowest BCUT2D eigenvalue weighted by atomic mass is 10.3. The molecule has 1 aliphatic heterocycles. The van der Waals surface area contributed by atoms with Gasteiger partial charge in [0.25, 0.3) is 5.91 Å². The SMILES string of the molecule is O=C(NCCN1CCN(C(=O)Nc2cccc(Cl)c2)CC1)c1cccs1. The topological polar surface area (TPSA) is 64.7 Å². The van der Waals surface area contributed by atoms with Crippen LogP contribution in [0, 0.1) is 0 Å². The van der Waals surface area contributed by atoms with Gasteiger partial charge in [0.15, 0.2) is 0 Å². The average Bonchev–Trinajstić information content (AvgIpc) is 3.17. The van der Waals surface area contributed by atoms with Gasteiger partial charge in [0, 0.05) is 50.0 Å². The number of hydrogen-bond acceptors (Lipinski definition) is 4. The summed E-state index contributed by atoms with van der Waals surface area (Å²) in [5, 5.41) is 8.28.